The van der Waals surface area contributed by atoms with Crippen molar-refractivity contribution < 1.29 is 24.2 Å². The summed E-state index contributed by atoms with van der Waals surface area (Å²) < 4.78 is 10.3. The van der Waals surface area contributed by atoms with Crippen molar-refractivity contribution in [1.82, 2.24) is 5.32 Å². The molecule has 2 atom stereocenters. The first kappa shape index (κ1) is 13.8. The predicted molar refractivity (Wildman–Crippen MR) is 59.7 cm³/mol. The standard InChI is InChI=1S/C11H19NO5/c1-11(2,3)17-10(15)12-6-8-7(9(13)14)4-5-16-8/h7-8H,4-6H2,1-3H3,(H,12,15)(H,13,14)/t7-,8+/m0/s1. The minimum atomic E-state index is -0.890. The molecule has 0 bridgehead atoms. The largest absolute Gasteiger partial charge is 0.481 e. The number of rotatable bonds is 3. The minimum absolute atomic E-state index is 0.159. The molecule has 0 aromatic carbocycles. The van der Waals surface area contributed by atoms with Crippen LogP contribution in [0.4, 0.5) is 4.79 Å². The number of nitrogens with one attached hydrogen (secondary N) is 1. The van der Waals surface area contributed by atoms with Gasteiger partial charge in [0, 0.05) is 13.2 Å². The molecule has 1 saturated heterocycles. The Labute approximate surface area is 100 Å². The molecule has 0 spiro atoms. The molecule has 0 radical (unpaired) electrons. The number of aliphatic carboxylic acids is 1. The Morgan fingerprint density at radius 3 is 2.65 bits per heavy atom. The smallest absolute Gasteiger partial charge is 0.407 e. The Morgan fingerprint density at radius 1 is 1.47 bits per heavy atom. The van der Waals surface area contributed by atoms with Crippen LogP contribution in [-0.2, 0) is 14.3 Å². The fraction of sp³-hybridized carbons (Fsp3) is 0.818. The first-order chi connectivity index (χ1) is 7.79. The molecule has 1 fully saturated rings. The fourth-order valence-corrected chi connectivity index (χ4v) is 1.63. The molecule has 0 aromatic rings. The number of carboxylic acid groups (broad SMARTS) is 1. The van der Waals surface area contributed by atoms with E-state index in [0.29, 0.717) is 13.0 Å². The molecule has 0 aromatic heterocycles. The maximum atomic E-state index is 11.4. The van der Waals surface area contributed by atoms with E-state index in [9.17, 15) is 9.59 Å². The van der Waals surface area contributed by atoms with Crippen LogP contribution in [0.1, 0.15) is 27.2 Å². The van der Waals surface area contributed by atoms with Gasteiger partial charge in [-0.25, -0.2) is 4.79 Å². The molecule has 6 nitrogen and oxygen atoms in total. The Hall–Kier alpha value is -1.30. The van der Waals surface area contributed by atoms with Gasteiger partial charge in [-0.1, -0.05) is 0 Å². The van der Waals surface area contributed by atoms with Crippen molar-refractivity contribution in [3.05, 3.63) is 0 Å². The van der Waals surface area contributed by atoms with Gasteiger partial charge in [-0.15, -0.1) is 0 Å². The third-order valence-electron chi connectivity index (χ3n) is 2.37. The third kappa shape index (κ3) is 4.60. The fourth-order valence-electron chi connectivity index (χ4n) is 1.63. The molecule has 1 rings (SSSR count). The summed E-state index contributed by atoms with van der Waals surface area (Å²) in [5, 5.41) is 11.4. The maximum absolute atomic E-state index is 11.4. The van der Waals surface area contributed by atoms with Gasteiger partial charge in [0.25, 0.3) is 0 Å². The average Bonchev–Trinajstić information content (AvgIpc) is 2.59. The first-order valence-corrected chi connectivity index (χ1v) is 5.61. The van der Waals surface area contributed by atoms with Gasteiger partial charge in [-0.05, 0) is 27.2 Å². The molecule has 1 aliphatic rings. The summed E-state index contributed by atoms with van der Waals surface area (Å²) in [4.78, 5) is 22.2. The van der Waals surface area contributed by atoms with Gasteiger partial charge in [0.2, 0.25) is 0 Å². The van der Waals surface area contributed by atoms with Crippen LogP contribution < -0.4 is 5.32 Å². The van der Waals surface area contributed by atoms with E-state index in [-0.39, 0.29) is 6.54 Å². The molecular formula is C11H19NO5. The molecule has 2 N–H and O–H groups in total. The zero-order valence-corrected chi connectivity index (χ0v) is 10.4. The van der Waals surface area contributed by atoms with Crippen LogP contribution >= 0.6 is 0 Å². The van der Waals surface area contributed by atoms with Crippen LogP contribution in [0, 0.1) is 5.92 Å². The third-order valence-corrected chi connectivity index (χ3v) is 2.37. The van der Waals surface area contributed by atoms with Gasteiger partial charge in [-0.2, -0.15) is 0 Å². The van der Waals surface area contributed by atoms with Crippen LogP contribution in [0.15, 0.2) is 0 Å². The molecule has 17 heavy (non-hydrogen) atoms. The zero-order chi connectivity index (χ0) is 13.1. The van der Waals surface area contributed by atoms with E-state index in [2.05, 4.69) is 5.32 Å². The van der Waals surface area contributed by atoms with Crippen LogP contribution in [0.5, 0.6) is 0 Å². The lowest BCUT2D eigenvalue weighted by Gasteiger charge is -2.21. The number of alkyl carbamates (subject to hydrolysis) is 1. The van der Waals surface area contributed by atoms with Crippen LogP contribution in [0.2, 0.25) is 0 Å². The second-order valence-electron chi connectivity index (χ2n) is 5.03. The highest BCUT2D eigenvalue weighted by Crippen LogP contribution is 2.20. The molecule has 1 heterocycles. The average molecular weight is 245 g/mol. The van der Waals surface area contributed by atoms with Gasteiger partial charge in [0.05, 0.1) is 12.0 Å². The number of amides is 1. The zero-order valence-electron chi connectivity index (χ0n) is 10.4. The molecule has 0 unspecified atom stereocenters. The Bertz CT molecular complexity index is 297. The van der Waals surface area contributed by atoms with Gasteiger partial charge < -0.3 is 19.9 Å². The predicted octanol–water partition coefficient (Wildman–Crippen LogP) is 1.00. The summed E-state index contributed by atoms with van der Waals surface area (Å²) in [5.41, 5.74) is -0.563. The van der Waals surface area contributed by atoms with Crippen molar-refractivity contribution >= 4 is 12.1 Å². The van der Waals surface area contributed by atoms with Crippen LogP contribution in [-0.4, -0.2) is 42.0 Å². The summed E-state index contributed by atoms with van der Waals surface area (Å²) >= 11 is 0. The lowest BCUT2D eigenvalue weighted by Crippen LogP contribution is -2.40. The highest BCUT2D eigenvalue weighted by molar-refractivity contribution is 5.71. The number of carboxylic acids is 1. The van der Waals surface area contributed by atoms with Gasteiger partial charge in [0.15, 0.2) is 0 Å². The quantitative estimate of drug-likeness (QED) is 0.774. The van der Waals surface area contributed by atoms with Crippen molar-refractivity contribution in [2.75, 3.05) is 13.2 Å². The minimum Gasteiger partial charge on any atom is -0.481 e. The van der Waals surface area contributed by atoms with Crippen LogP contribution in [0.3, 0.4) is 0 Å². The van der Waals surface area contributed by atoms with Crippen LogP contribution in [0.25, 0.3) is 0 Å². The van der Waals surface area contributed by atoms with E-state index in [1.165, 1.54) is 0 Å². The number of ether oxygens (including phenoxy) is 2. The van der Waals surface area contributed by atoms with Gasteiger partial charge >= 0.3 is 12.1 Å². The Morgan fingerprint density at radius 2 is 2.12 bits per heavy atom. The van der Waals surface area contributed by atoms with E-state index in [1.54, 1.807) is 20.8 Å². The Balaban J connectivity index is 2.35. The van der Waals surface area contributed by atoms with Crippen molar-refractivity contribution in [3.63, 3.8) is 0 Å². The highest BCUT2D eigenvalue weighted by Gasteiger charge is 2.34. The first-order valence-electron chi connectivity index (χ1n) is 5.61. The highest BCUT2D eigenvalue weighted by atomic mass is 16.6. The van der Waals surface area contributed by atoms with Gasteiger partial charge in [0.1, 0.15) is 5.60 Å². The Kier molecular flexibility index (Phi) is 4.34. The monoisotopic (exact) mass is 245 g/mol. The van der Waals surface area contributed by atoms with E-state index in [0.717, 1.165) is 0 Å². The second-order valence-corrected chi connectivity index (χ2v) is 5.03. The molecule has 0 aliphatic carbocycles. The van der Waals surface area contributed by atoms with E-state index in [1.807, 2.05) is 0 Å². The lowest BCUT2D eigenvalue weighted by molar-refractivity contribution is -0.143. The molecular weight excluding hydrogens is 226 g/mol. The molecule has 1 aliphatic heterocycles. The number of hydrogen-bond acceptors (Lipinski definition) is 4. The number of carbonyl (C=O) groups excluding carboxylic acids is 1. The lowest BCUT2D eigenvalue weighted by atomic mass is 10.0. The number of carbonyl (C=O) groups is 2. The normalized spacial score (nSPS) is 24.4. The van der Waals surface area contributed by atoms with Crippen molar-refractivity contribution in [3.8, 4) is 0 Å². The van der Waals surface area contributed by atoms with E-state index >= 15 is 0 Å². The van der Waals surface area contributed by atoms with E-state index < -0.39 is 29.7 Å². The summed E-state index contributed by atoms with van der Waals surface area (Å²) in [6, 6.07) is 0. The SMILES string of the molecule is CC(C)(C)OC(=O)NC[C@H]1OCC[C@@H]1C(=O)O. The van der Waals surface area contributed by atoms with Gasteiger partial charge in [-0.3, -0.25) is 4.79 Å². The topological polar surface area (TPSA) is 84.9 Å². The molecule has 98 valence electrons. The van der Waals surface area contributed by atoms with Crippen molar-refractivity contribution in [2.45, 2.75) is 38.9 Å². The van der Waals surface area contributed by atoms with Crippen molar-refractivity contribution in [1.29, 1.82) is 0 Å². The molecule has 0 saturated carbocycles. The summed E-state index contributed by atoms with van der Waals surface area (Å²) in [5.74, 6) is -1.44. The van der Waals surface area contributed by atoms with Crippen molar-refractivity contribution in [2.24, 2.45) is 5.92 Å². The summed E-state index contributed by atoms with van der Waals surface area (Å²) in [7, 11) is 0. The summed E-state index contributed by atoms with van der Waals surface area (Å²) in [6.07, 6.45) is -0.548. The summed E-state index contributed by atoms with van der Waals surface area (Å²) in [6.45, 7) is 5.86. The maximum Gasteiger partial charge on any atom is 0.407 e. The molecule has 6 heteroatoms. The number of hydrogen-bond donors (Lipinski definition) is 2. The molecule has 1 amide bonds. The second kappa shape index (κ2) is 5.35. The van der Waals surface area contributed by atoms with E-state index in [4.69, 9.17) is 14.6 Å².